The van der Waals surface area contributed by atoms with E-state index in [9.17, 15) is 34.5 Å². The Balaban J connectivity index is 0.000000430. The number of hydrogen-bond acceptors (Lipinski definition) is 0. The Bertz CT molecular complexity index is 1420. The number of rotatable bonds is 0. The molecule has 50 heavy (non-hydrogen) atoms. The van der Waals surface area contributed by atoms with Crippen LogP contribution in [0.4, 0.5) is 34.5 Å². The largest absolute Gasteiger partial charge is 0.673 e. The predicted octanol–water partition coefficient (Wildman–Crippen LogP) is 6.84. The zero-order valence-electron chi connectivity index (χ0n) is 28.7. The molecule has 4 aromatic heterocycles. The van der Waals surface area contributed by atoms with Gasteiger partial charge in [0.2, 0.25) is 0 Å². The van der Waals surface area contributed by atoms with Gasteiger partial charge in [0.05, 0.1) is 47.7 Å². The number of H-pyrrole nitrogens is 4. The van der Waals surface area contributed by atoms with Crippen molar-refractivity contribution in [2.45, 2.75) is 101 Å². The summed E-state index contributed by atoms with van der Waals surface area (Å²) in [6.45, 7) is 4.00. The Morgan fingerprint density at radius 2 is 0.640 bits per heavy atom. The molecule has 2 aliphatic carbocycles. The molecule has 0 saturated heterocycles. The molecule has 2 fully saturated rings. The van der Waals surface area contributed by atoms with Gasteiger partial charge in [0.15, 0.2) is 0 Å². The van der Waals surface area contributed by atoms with E-state index in [4.69, 9.17) is 0 Å². The molecule has 0 aromatic carbocycles. The minimum absolute atomic E-state index is 0.0778. The maximum Gasteiger partial charge on any atom is 0.673 e. The molecule has 3 aliphatic rings. The van der Waals surface area contributed by atoms with Crippen molar-refractivity contribution >= 4 is 14.5 Å². The molecule has 6 nitrogen and oxygen atoms in total. The molecular formula is C34H48B2F8N6. The van der Waals surface area contributed by atoms with Crippen LogP contribution in [0.2, 0.25) is 0 Å². The van der Waals surface area contributed by atoms with Gasteiger partial charge in [-0.3, -0.25) is 0 Å². The summed E-state index contributed by atoms with van der Waals surface area (Å²) in [4.78, 5) is 18.7. The van der Waals surface area contributed by atoms with E-state index in [2.05, 4.69) is 82.6 Å². The molecule has 276 valence electrons. The second kappa shape index (κ2) is 15.5. The highest BCUT2D eigenvalue weighted by Crippen LogP contribution is 2.45. The summed E-state index contributed by atoms with van der Waals surface area (Å²) >= 11 is 0. The average Bonchev–Trinajstić information content (AvgIpc) is 3.84. The molecule has 8 bridgehead atoms. The fourth-order valence-electron chi connectivity index (χ4n) is 8.39. The van der Waals surface area contributed by atoms with Gasteiger partial charge in [-0.05, 0) is 74.2 Å². The smallest absolute Gasteiger partial charge is 0.418 e. The van der Waals surface area contributed by atoms with Crippen LogP contribution in [0.5, 0.6) is 0 Å². The van der Waals surface area contributed by atoms with Gasteiger partial charge in [-0.1, -0.05) is 38.5 Å². The van der Waals surface area contributed by atoms with Gasteiger partial charge in [-0.25, -0.2) is 0 Å². The van der Waals surface area contributed by atoms with Gasteiger partial charge in [0, 0.05) is 22.8 Å². The molecule has 5 heterocycles. The van der Waals surface area contributed by atoms with Crippen molar-refractivity contribution in [1.82, 2.24) is 19.9 Å². The van der Waals surface area contributed by atoms with E-state index in [1.165, 1.54) is 120 Å². The Kier molecular flexibility index (Phi) is 11.7. The normalized spacial score (nSPS) is 22.2. The summed E-state index contributed by atoms with van der Waals surface area (Å²) in [5.74, 6) is 0. The van der Waals surface area contributed by atoms with E-state index < -0.39 is 14.5 Å². The number of aromatic nitrogens is 4. The van der Waals surface area contributed by atoms with Crippen molar-refractivity contribution in [3.05, 3.63) is 94.1 Å². The average molecular weight is 714 g/mol. The molecule has 16 heteroatoms. The second-order valence-corrected chi connectivity index (χ2v) is 14.5. The van der Waals surface area contributed by atoms with Gasteiger partial charge in [-0.2, -0.15) is 0 Å². The third kappa shape index (κ3) is 9.89. The molecule has 0 unspecified atom stereocenters. The lowest BCUT2D eigenvalue weighted by molar-refractivity contribution is -0.908. The van der Waals surface area contributed by atoms with Crippen molar-refractivity contribution in [1.29, 1.82) is 0 Å². The maximum atomic E-state index is 9.75. The molecule has 0 amide bonds. The second-order valence-electron chi connectivity index (χ2n) is 14.5. The fourth-order valence-corrected chi connectivity index (χ4v) is 8.39. The van der Waals surface area contributed by atoms with Gasteiger partial charge in [0.25, 0.3) is 0 Å². The Morgan fingerprint density at radius 1 is 0.420 bits per heavy atom. The number of aromatic amines is 4. The quantitative estimate of drug-likeness (QED) is 0.0854. The monoisotopic (exact) mass is 714 g/mol. The van der Waals surface area contributed by atoms with E-state index in [1.807, 2.05) is 0 Å². The van der Waals surface area contributed by atoms with Crippen molar-refractivity contribution in [3.63, 3.8) is 0 Å². The van der Waals surface area contributed by atoms with Crippen molar-refractivity contribution in [2.24, 2.45) is 0 Å². The van der Waals surface area contributed by atoms with E-state index in [0.29, 0.717) is 0 Å². The van der Waals surface area contributed by atoms with Crippen molar-refractivity contribution < 1.29 is 44.3 Å². The number of nitrogens with one attached hydrogen (secondary N) is 6. The molecule has 6 N–H and O–H groups in total. The van der Waals surface area contributed by atoms with Gasteiger partial charge in [-0.15, -0.1) is 0 Å². The lowest BCUT2D eigenvalue weighted by Gasteiger charge is -2.36. The first kappa shape index (κ1) is 37.9. The molecule has 2 spiro atoms. The molecule has 4 aromatic rings. The maximum absolute atomic E-state index is 9.75. The van der Waals surface area contributed by atoms with Crippen molar-refractivity contribution in [3.8, 4) is 0 Å². The zero-order chi connectivity index (χ0) is 36.2. The molecule has 1 aliphatic heterocycles. The minimum Gasteiger partial charge on any atom is -0.418 e. The molecule has 2 saturated carbocycles. The number of fused-ring (bicyclic) bond motifs is 12. The Morgan fingerprint density at radius 3 is 0.860 bits per heavy atom. The zero-order valence-corrected chi connectivity index (χ0v) is 28.7. The van der Waals surface area contributed by atoms with Crippen LogP contribution in [0.15, 0.2) is 48.5 Å². The van der Waals surface area contributed by atoms with Gasteiger partial charge >= 0.3 is 14.5 Å². The first-order valence-electron chi connectivity index (χ1n) is 17.6. The fraction of sp³-hybridized carbons (Fsp3) is 0.529. The standard InChI is InChI=1S/C34H46N6.2BF4/c1-39-21-25-9-13-29(35-25)33(17-5-3-6-18-33)31-15-11-27(37-31)23-40(2)24-28-12-16-32(38-28)34(19-7-4-8-20-34)30-14-10-26(22-39)36-30;2*2-1(3,4)5/h9-16,35-38H,3-8,17-24H2,1-2H3;;/q;2*-1/p+2. The molecule has 0 radical (unpaired) electrons. The first-order valence-corrected chi connectivity index (χ1v) is 17.6. The third-order valence-corrected chi connectivity index (χ3v) is 10.4. The Hall–Kier alpha value is -3.39. The predicted molar refractivity (Wildman–Crippen MR) is 180 cm³/mol. The highest BCUT2D eigenvalue weighted by Gasteiger charge is 2.40. The summed E-state index contributed by atoms with van der Waals surface area (Å²) in [6.07, 6.45) is 12.8. The van der Waals surface area contributed by atoms with Crippen LogP contribution < -0.4 is 9.80 Å². The van der Waals surface area contributed by atoms with Crippen molar-refractivity contribution in [2.75, 3.05) is 14.1 Å². The van der Waals surface area contributed by atoms with Crippen LogP contribution in [-0.4, -0.2) is 48.5 Å². The van der Waals surface area contributed by atoms with Crippen LogP contribution >= 0.6 is 0 Å². The van der Waals surface area contributed by atoms with E-state index in [-0.39, 0.29) is 10.8 Å². The van der Waals surface area contributed by atoms with E-state index >= 15 is 0 Å². The van der Waals surface area contributed by atoms with E-state index in [1.54, 1.807) is 0 Å². The van der Waals surface area contributed by atoms with Crippen LogP contribution in [0.3, 0.4) is 0 Å². The molecular weight excluding hydrogens is 666 g/mol. The Labute approximate surface area is 288 Å². The number of quaternary nitrogens is 2. The lowest BCUT2D eigenvalue weighted by Crippen LogP contribution is -3.06. The van der Waals surface area contributed by atoms with E-state index in [0.717, 1.165) is 26.2 Å². The highest BCUT2D eigenvalue weighted by molar-refractivity contribution is 6.50. The van der Waals surface area contributed by atoms with Crippen LogP contribution in [0, 0.1) is 0 Å². The summed E-state index contributed by atoms with van der Waals surface area (Å²) in [5.41, 5.74) is 11.1. The summed E-state index contributed by atoms with van der Waals surface area (Å²) in [7, 11) is -7.35. The number of halogens is 8. The molecule has 7 rings (SSSR count). The summed E-state index contributed by atoms with van der Waals surface area (Å²) in [5, 5.41) is 0. The molecule has 0 atom stereocenters. The lowest BCUT2D eigenvalue weighted by atomic mass is 9.69. The highest BCUT2D eigenvalue weighted by atomic mass is 19.5. The summed E-state index contributed by atoms with van der Waals surface area (Å²) < 4.78 is 78.0. The third-order valence-electron chi connectivity index (χ3n) is 10.4. The van der Waals surface area contributed by atoms with Gasteiger partial charge in [0.1, 0.15) is 26.2 Å². The topological polar surface area (TPSA) is 72.0 Å². The minimum atomic E-state index is -6.00. The summed E-state index contributed by atoms with van der Waals surface area (Å²) in [6, 6.07) is 18.9. The number of hydrogen-bond donors (Lipinski definition) is 6. The SMILES string of the molecule is C[NH+]1Cc2ccc([nH]2)C2(CCCCC2)c2ccc([nH]2)C[NH+](C)Cc2ccc([nH]2)C2(CCCCC2)c2ccc([nH]2)C1.F[B-](F)(F)F.F[B-](F)(F)F. The first-order chi connectivity index (χ1) is 23.5. The van der Waals surface area contributed by atoms with Crippen LogP contribution in [-0.2, 0) is 37.0 Å². The van der Waals surface area contributed by atoms with Crippen LogP contribution in [0.1, 0.15) is 110 Å². The van der Waals surface area contributed by atoms with Crippen LogP contribution in [0.25, 0.3) is 0 Å². The van der Waals surface area contributed by atoms with Gasteiger partial charge < -0.3 is 64.3 Å².